The van der Waals surface area contributed by atoms with Gasteiger partial charge < -0.3 is 14.9 Å². The Labute approximate surface area is 147 Å². The van der Waals surface area contributed by atoms with E-state index in [2.05, 4.69) is 4.90 Å². The fourth-order valence-corrected chi connectivity index (χ4v) is 3.92. The molecule has 0 spiro atoms. The number of amides is 1. The van der Waals surface area contributed by atoms with E-state index in [1.54, 1.807) is 11.0 Å². The van der Waals surface area contributed by atoms with Crippen LogP contribution in [0.4, 0.5) is 4.39 Å². The van der Waals surface area contributed by atoms with Crippen molar-refractivity contribution in [3.63, 3.8) is 0 Å². The SMILES string of the molecule is O=C(c1ccc(Cl)c(F)c1)N1C[C@@H](CO)[C@@H](CN2CCCCC2)C1. The number of likely N-dealkylation sites (tertiary alicyclic amines) is 2. The van der Waals surface area contributed by atoms with Crippen LogP contribution in [0.3, 0.4) is 0 Å². The lowest BCUT2D eigenvalue weighted by molar-refractivity contribution is 0.0778. The zero-order valence-electron chi connectivity index (χ0n) is 13.8. The van der Waals surface area contributed by atoms with Gasteiger partial charge in [-0.3, -0.25) is 4.79 Å². The van der Waals surface area contributed by atoms with Gasteiger partial charge in [-0.2, -0.15) is 0 Å². The summed E-state index contributed by atoms with van der Waals surface area (Å²) < 4.78 is 13.6. The van der Waals surface area contributed by atoms with Crippen LogP contribution >= 0.6 is 11.6 Å². The number of piperidine rings is 1. The highest BCUT2D eigenvalue weighted by molar-refractivity contribution is 6.30. The number of aliphatic hydroxyl groups is 1. The molecule has 0 radical (unpaired) electrons. The van der Waals surface area contributed by atoms with Crippen molar-refractivity contribution in [3.8, 4) is 0 Å². The Morgan fingerprint density at radius 3 is 2.58 bits per heavy atom. The summed E-state index contributed by atoms with van der Waals surface area (Å²) in [4.78, 5) is 16.8. The maximum absolute atomic E-state index is 13.6. The second-order valence-electron chi connectivity index (χ2n) is 6.90. The van der Waals surface area contributed by atoms with E-state index in [0.29, 0.717) is 18.7 Å². The number of aliphatic hydroxyl groups excluding tert-OH is 1. The fraction of sp³-hybridized carbons (Fsp3) is 0.611. The van der Waals surface area contributed by atoms with Crippen LogP contribution in [0.2, 0.25) is 5.02 Å². The van der Waals surface area contributed by atoms with Crippen molar-refractivity contribution in [3.05, 3.63) is 34.6 Å². The van der Waals surface area contributed by atoms with Crippen molar-refractivity contribution in [2.75, 3.05) is 39.3 Å². The first-order chi connectivity index (χ1) is 11.6. The van der Waals surface area contributed by atoms with E-state index >= 15 is 0 Å². The molecule has 2 aliphatic rings. The average Bonchev–Trinajstić information content (AvgIpc) is 3.00. The summed E-state index contributed by atoms with van der Waals surface area (Å²) in [5.74, 6) is -0.405. The van der Waals surface area contributed by atoms with Crippen molar-refractivity contribution in [2.24, 2.45) is 11.8 Å². The molecule has 2 fully saturated rings. The fourth-order valence-electron chi connectivity index (χ4n) is 3.80. The van der Waals surface area contributed by atoms with Gasteiger partial charge in [0.05, 0.1) is 5.02 Å². The molecule has 0 unspecified atom stereocenters. The number of carbonyl (C=O) groups excluding carboxylic acids is 1. The van der Waals surface area contributed by atoms with Crippen molar-refractivity contribution in [1.82, 2.24) is 9.80 Å². The van der Waals surface area contributed by atoms with Crippen molar-refractivity contribution in [1.29, 1.82) is 0 Å². The van der Waals surface area contributed by atoms with Gasteiger partial charge in [-0.15, -0.1) is 0 Å². The van der Waals surface area contributed by atoms with E-state index in [-0.39, 0.29) is 29.4 Å². The smallest absolute Gasteiger partial charge is 0.253 e. The van der Waals surface area contributed by atoms with E-state index in [1.807, 2.05) is 0 Å². The minimum Gasteiger partial charge on any atom is -0.396 e. The summed E-state index contributed by atoms with van der Waals surface area (Å²) >= 11 is 5.68. The van der Waals surface area contributed by atoms with Crippen molar-refractivity contribution < 1.29 is 14.3 Å². The van der Waals surface area contributed by atoms with Crippen LogP contribution in [0.5, 0.6) is 0 Å². The summed E-state index contributed by atoms with van der Waals surface area (Å²) in [6.45, 7) is 4.35. The third-order valence-electron chi connectivity index (χ3n) is 5.21. The standard InChI is InChI=1S/C18H24ClFN2O2/c19-16-5-4-13(8-17(16)20)18(24)22-10-14(15(11-22)12-23)9-21-6-2-1-3-7-21/h4-5,8,14-15,23H,1-3,6-7,9-12H2/t14-,15-/m0/s1. The molecule has 3 rings (SSSR count). The normalized spacial score (nSPS) is 25.2. The van der Waals surface area contributed by atoms with Gasteiger partial charge in [0.1, 0.15) is 5.82 Å². The summed E-state index contributed by atoms with van der Waals surface area (Å²) in [6, 6.07) is 4.16. The minimum absolute atomic E-state index is 0.0178. The maximum atomic E-state index is 13.6. The molecule has 2 atom stereocenters. The first-order valence-corrected chi connectivity index (χ1v) is 9.04. The molecule has 1 amide bonds. The topological polar surface area (TPSA) is 43.8 Å². The maximum Gasteiger partial charge on any atom is 0.253 e. The number of rotatable bonds is 4. The second kappa shape index (κ2) is 7.81. The van der Waals surface area contributed by atoms with Crippen LogP contribution in [0, 0.1) is 17.7 Å². The number of carbonyl (C=O) groups is 1. The molecule has 2 aliphatic heterocycles. The van der Waals surface area contributed by atoms with Crippen LogP contribution in [0.25, 0.3) is 0 Å². The highest BCUT2D eigenvalue weighted by Crippen LogP contribution is 2.27. The van der Waals surface area contributed by atoms with E-state index in [1.165, 1.54) is 31.4 Å². The van der Waals surface area contributed by atoms with Crippen LogP contribution < -0.4 is 0 Å². The third kappa shape index (κ3) is 3.90. The van der Waals surface area contributed by atoms with Gasteiger partial charge in [-0.1, -0.05) is 18.0 Å². The number of benzene rings is 1. The molecular formula is C18H24ClFN2O2. The van der Waals surface area contributed by atoms with Gasteiger partial charge in [-0.05, 0) is 50.0 Å². The molecule has 0 bridgehead atoms. The molecular weight excluding hydrogens is 331 g/mol. The number of hydrogen-bond donors (Lipinski definition) is 1. The molecule has 1 N–H and O–H groups in total. The number of halogens is 2. The Morgan fingerprint density at radius 1 is 1.21 bits per heavy atom. The van der Waals surface area contributed by atoms with Gasteiger partial charge in [0, 0.05) is 37.7 Å². The van der Waals surface area contributed by atoms with Gasteiger partial charge in [0.25, 0.3) is 5.91 Å². The molecule has 2 heterocycles. The predicted molar refractivity (Wildman–Crippen MR) is 91.7 cm³/mol. The first kappa shape index (κ1) is 17.6. The van der Waals surface area contributed by atoms with Gasteiger partial charge >= 0.3 is 0 Å². The number of nitrogens with zero attached hydrogens (tertiary/aromatic N) is 2. The average molecular weight is 355 g/mol. The molecule has 0 aliphatic carbocycles. The van der Waals surface area contributed by atoms with Crippen molar-refractivity contribution >= 4 is 17.5 Å². The minimum atomic E-state index is -0.578. The van der Waals surface area contributed by atoms with Gasteiger partial charge in [-0.25, -0.2) is 4.39 Å². The monoisotopic (exact) mass is 354 g/mol. The lowest BCUT2D eigenvalue weighted by Crippen LogP contribution is -2.37. The highest BCUT2D eigenvalue weighted by Gasteiger charge is 2.36. The highest BCUT2D eigenvalue weighted by atomic mass is 35.5. The largest absolute Gasteiger partial charge is 0.396 e. The Bertz CT molecular complexity index is 592. The van der Waals surface area contributed by atoms with Crippen LogP contribution in [-0.4, -0.2) is 60.1 Å². The molecule has 6 heteroatoms. The summed E-state index contributed by atoms with van der Waals surface area (Å²) in [5, 5.41) is 9.70. The zero-order chi connectivity index (χ0) is 17.1. The molecule has 132 valence electrons. The number of hydrogen-bond acceptors (Lipinski definition) is 3. The van der Waals surface area contributed by atoms with Crippen molar-refractivity contribution in [2.45, 2.75) is 19.3 Å². The Kier molecular flexibility index (Phi) is 5.74. The summed E-state index contributed by atoms with van der Waals surface area (Å²) in [7, 11) is 0. The van der Waals surface area contributed by atoms with E-state index in [4.69, 9.17) is 11.6 Å². The van der Waals surface area contributed by atoms with Crippen LogP contribution in [0.1, 0.15) is 29.6 Å². The van der Waals surface area contributed by atoms with Gasteiger partial charge in [0.15, 0.2) is 0 Å². The first-order valence-electron chi connectivity index (χ1n) is 8.66. The lowest BCUT2D eigenvalue weighted by atomic mass is 9.95. The molecule has 4 nitrogen and oxygen atoms in total. The quantitative estimate of drug-likeness (QED) is 0.904. The van der Waals surface area contributed by atoms with Gasteiger partial charge in [0.2, 0.25) is 0 Å². The zero-order valence-corrected chi connectivity index (χ0v) is 14.5. The molecule has 2 saturated heterocycles. The summed E-state index contributed by atoms with van der Waals surface area (Å²) in [5.41, 5.74) is 0.312. The summed E-state index contributed by atoms with van der Waals surface area (Å²) in [6.07, 6.45) is 3.74. The molecule has 1 aromatic rings. The van der Waals surface area contributed by atoms with E-state index in [9.17, 15) is 14.3 Å². The molecule has 1 aromatic carbocycles. The Hall–Kier alpha value is -1.17. The van der Waals surface area contributed by atoms with Crippen LogP contribution in [0.15, 0.2) is 18.2 Å². The van der Waals surface area contributed by atoms with E-state index in [0.717, 1.165) is 19.6 Å². The molecule has 0 saturated carbocycles. The second-order valence-corrected chi connectivity index (χ2v) is 7.31. The third-order valence-corrected chi connectivity index (χ3v) is 5.51. The molecule has 0 aromatic heterocycles. The van der Waals surface area contributed by atoms with E-state index < -0.39 is 5.82 Å². The lowest BCUT2D eigenvalue weighted by Gasteiger charge is -2.30. The predicted octanol–water partition coefficient (Wildman–Crippen LogP) is 2.65. The Morgan fingerprint density at radius 2 is 1.92 bits per heavy atom. The van der Waals surface area contributed by atoms with Crippen LogP contribution in [-0.2, 0) is 0 Å². The molecule has 24 heavy (non-hydrogen) atoms. The Balaban J connectivity index is 1.66.